The van der Waals surface area contributed by atoms with Crippen molar-refractivity contribution in [3.05, 3.63) is 29.8 Å². The van der Waals surface area contributed by atoms with E-state index in [4.69, 9.17) is 0 Å². The van der Waals surface area contributed by atoms with Gasteiger partial charge in [0.2, 0.25) is 5.91 Å². The van der Waals surface area contributed by atoms with Crippen molar-refractivity contribution in [3.8, 4) is 0 Å². The van der Waals surface area contributed by atoms with E-state index < -0.39 is 0 Å². The van der Waals surface area contributed by atoms with Crippen LogP contribution in [0.15, 0.2) is 24.3 Å². The maximum atomic E-state index is 12.0. The van der Waals surface area contributed by atoms with Crippen LogP contribution in [0.2, 0.25) is 0 Å². The second-order valence-electron chi connectivity index (χ2n) is 5.92. The van der Waals surface area contributed by atoms with Crippen molar-refractivity contribution in [2.45, 2.75) is 32.7 Å². The van der Waals surface area contributed by atoms with E-state index in [0.717, 1.165) is 25.3 Å². The molecule has 1 atom stereocenters. The molecule has 2 rings (SSSR count). The molecule has 1 saturated heterocycles. The molecule has 4 nitrogen and oxygen atoms in total. The van der Waals surface area contributed by atoms with Gasteiger partial charge in [-0.1, -0.05) is 26.0 Å². The molecular weight excluding hydrogens is 250 g/mol. The number of benzene rings is 1. The standard InChI is InChI=1S/C16H25N3O/c1-12(2)14-4-6-15(7-5-14)18-16(20)11-19-9-8-17-13(3)10-19/h4-7,12-13,17H,8-11H2,1-3H3,(H,18,20)/t13-/m0/s1. The van der Waals surface area contributed by atoms with Crippen LogP contribution in [0, 0.1) is 0 Å². The van der Waals surface area contributed by atoms with Crippen LogP contribution in [-0.4, -0.2) is 43.0 Å². The number of nitrogens with zero attached hydrogens (tertiary/aromatic N) is 1. The van der Waals surface area contributed by atoms with E-state index in [1.165, 1.54) is 5.56 Å². The summed E-state index contributed by atoms with van der Waals surface area (Å²) in [4.78, 5) is 14.2. The average molecular weight is 275 g/mol. The first-order chi connectivity index (χ1) is 9.54. The number of amides is 1. The van der Waals surface area contributed by atoms with Crippen LogP contribution >= 0.6 is 0 Å². The number of anilines is 1. The van der Waals surface area contributed by atoms with E-state index >= 15 is 0 Å². The molecule has 1 aliphatic rings. The number of piperazine rings is 1. The number of rotatable bonds is 4. The summed E-state index contributed by atoms with van der Waals surface area (Å²) in [5.74, 6) is 0.582. The van der Waals surface area contributed by atoms with Crippen molar-refractivity contribution in [2.24, 2.45) is 0 Å². The van der Waals surface area contributed by atoms with E-state index in [-0.39, 0.29) is 5.91 Å². The molecule has 0 radical (unpaired) electrons. The van der Waals surface area contributed by atoms with Gasteiger partial charge in [-0.25, -0.2) is 0 Å². The number of nitrogens with one attached hydrogen (secondary N) is 2. The van der Waals surface area contributed by atoms with Gasteiger partial charge >= 0.3 is 0 Å². The fraction of sp³-hybridized carbons (Fsp3) is 0.562. The molecule has 2 N–H and O–H groups in total. The SMILES string of the molecule is CC(C)c1ccc(NC(=O)CN2CCN[C@@H](C)C2)cc1. The molecule has 1 heterocycles. The number of hydrogen-bond acceptors (Lipinski definition) is 3. The van der Waals surface area contributed by atoms with Crippen LogP contribution in [0.3, 0.4) is 0 Å². The Hall–Kier alpha value is -1.39. The van der Waals surface area contributed by atoms with Gasteiger partial charge in [0.1, 0.15) is 0 Å². The van der Waals surface area contributed by atoms with Crippen molar-refractivity contribution < 1.29 is 4.79 Å². The summed E-state index contributed by atoms with van der Waals surface area (Å²) in [6.45, 7) is 9.77. The van der Waals surface area contributed by atoms with Gasteiger partial charge in [-0.05, 0) is 30.5 Å². The summed E-state index contributed by atoms with van der Waals surface area (Å²) in [5.41, 5.74) is 2.17. The Morgan fingerprint density at radius 3 is 2.70 bits per heavy atom. The topological polar surface area (TPSA) is 44.4 Å². The first-order valence-corrected chi connectivity index (χ1v) is 7.40. The van der Waals surface area contributed by atoms with Crippen molar-refractivity contribution in [3.63, 3.8) is 0 Å². The Bertz CT molecular complexity index is 442. The summed E-state index contributed by atoms with van der Waals surface area (Å²) < 4.78 is 0. The quantitative estimate of drug-likeness (QED) is 0.884. The van der Waals surface area contributed by atoms with Crippen LogP contribution in [0.1, 0.15) is 32.3 Å². The normalized spacial score (nSPS) is 20.1. The zero-order valence-corrected chi connectivity index (χ0v) is 12.6. The monoisotopic (exact) mass is 275 g/mol. The van der Waals surface area contributed by atoms with Gasteiger partial charge in [0.05, 0.1) is 6.54 Å². The Morgan fingerprint density at radius 1 is 1.40 bits per heavy atom. The molecule has 20 heavy (non-hydrogen) atoms. The maximum Gasteiger partial charge on any atom is 0.238 e. The lowest BCUT2D eigenvalue weighted by Crippen LogP contribution is -2.51. The van der Waals surface area contributed by atoms with Gasteiger partial charge < -0.3 is 10.6 Å². The fourth-order valence-corrected chi connectivity index (χ4v) is 2.51. The highest BCUT2D eigenvalue weighted by Gasteiger charge is 2.17. The van der Waals surface area contributed by atoms with E-state index in [2.05, 4.69) is 48.4 Å². The number of hydrogen-bond donors (Lipinski definition) is 2. The second-order valence-corrected chi connectivity index (χ2v) is 5.92. The minimum Gasteiger partial charge on any atom is -0.325 e. The predicted octanol–water partition coefficient (Wildman–Crippen LogP) is 2.04. The third-order valence-electron chi connectivity index (χ3n) is 3.68. The third-order valence-corrected chi connectivity index (χ3v) is 3.68. The second kappa shape index (κ2) is 6.86. The van der Waals surface area contributed by atoms with Crippen LogP contribution in [-0.2, 0) is 4.79 Å². The fourth-order valence-electron chi connectivity index (χ4n) is 2.51. The summed E-state index contributed by atoms with van der Waals surface area (Å²) in [7, 11) is 0. The summed E-state index contributed by atoms with van der Waals surface area (Å²) >= 11 is 0. The summed E-state index contributed by atoms with van der Waals surface area (Å²) in [5, 5.41) is 6.35. The van der Waals surface area contributed by atoms with Crippen molar-refractivity contribution in [1.82, 2.24) is 10.2 Å². The third kappa shape index (κ3) is 4.32. The Kier molecular flexibility index (Phi) is 5.15. The predicted molar refractivity (Wildman–Crippen MR) is 83.1 cm³/mol. The zero-order chi connectivity index (χ0) is 14.5. The molecule has 0 aromatic heterocycles. The average Bonchev–Trinajstić information content (AvgIpc) is 2.39. The van der Waals surface area contributed by atoms with E-state index in [0.29, 0.717) is 18.5 Å². The smallest absolute Gasteiger partial charge is 0.238 e. The Morgan fingerprint density at radius 2 is 2.10 bits per heavy atom. The highest BCUT2D eigenvalue weighted by molar-refractivity contribution is 5.92. The molecule has 0 saturated carbocycles. The van der Waals surface area contributed by atoms with Crippen LogP contribution in [0.25, 0.3) is 0 Å². The molecule has 0 bridgehead atoms. The lowest BCUT2D eigenvalue weighted by atomic mass is 10.0. The number of carbonyl (C=O) groups excluding carboxylic acids is 1. The zero-order valence-electron chi connectivity index (χ0n) is 12.6. The minimum atomic E-state index is 0.0661. The molecule has 0 spiro atoms. The highest BCUT2D eigenvalue weighted by Crippen LogP contribution is 2.17. The van der Waals surface area contributed by atoms with Crippen LogP contribution < -0.4 is 10.6 Å². The Balaban J connectivity index is 1.84. The molecule has 1 aromatic carbocycles. The Labute approximate surface area is 121 Å². The van der Waals surface area contributed by atoms with Gasteiger partial charge in [0.25, 0.3) is 0 Å². The molecule has 1 aromatic rings. The molecule has 1 aliphatic heterocycles. The van der Waals surface area contributed by atoms with Gasteiger partial charge in [0.15, 0.2) is 0 Å². The van der Waals surface area contributed by atoms with E-state index in [1.54, 1.807) is 0 Å². The van der Waals surface area contributed by atoms with Crippen molar-refractivity contribution in [2.75, 3.05) is 31.5 Å². The van der Waals surface area contributed by atoms with Gasteiger partial charge in [-0.2, -0.15) is 0 Å². The summed E-state index contributed by atoms with van der Waals surface area (Å²) in [6.07, 6.45) is 0. The minimum absolute atomic E-state index is 0.0661. The highest BCUT2D eigenvalue weighted by atomic mass is 16.2. The first kappa shape index (κ1) is 15.0. The van der Waals surface area contributed by atoms with Gasteiger partial charge in [-0.15, -0.1) is 0 Å². The largest absolute Gasteiger partial charge is 0.325 e. The first-order valence-electron chi connectivity index (χ1n) is 7.40. The van der Waals surface area contributed by atoms with E-state index in [9.17, 15) is 4.79 Å². The summed E-state index contributed by atoms with van der Waals surface area (Å²) in [6, 6.07) is 8.57. The van der Waals surface area contributed by atoms with Crippen LogP contribution in [0.5, 0.6) is 0 Å². The molecule has 4 heteroatoms. The molecule has 0 unspecified atom stereocenters. The molecular formula is C16H25N3O. The van der Waals surface area contributed by atoms with Gasteiger partial charge in [0, 0.05) is 31.4 Å². The maximum absolute atomic E-state index is 12.0. The van der Waals surface area contributed by atoms with E-state index in [1.807, 2.05) is 12.1 Å². The number of carbonyl (C=O) groups is 1. The van der Waals surface area contributed by atoms with Crippen molar-refractivity contribution in [1.29, 1.82) is 0 Å². The molecule has 0 aliphatic carbocycles. The van der Waals surface area contributed by atoms with Crippen molar-refractivity contribution >= 4 is 11.6 Å². The lowest BCUT2D eigenvalue weighted by Gasteiger charge is -2.31. The molecule has 110 valence electrons. The molecule has 1 fully saturated rings. The van der Waals surface area contributed by atoms with Crippen LogP contribution in [0.4, 0.5) is 5.69 Å². The molecule has 1 amide bonds. The van der Waals surface area contributed by atoms with Gasteiger partial charge in [-0.3, -0.25) is 9.69 Å². The lowest BCUT2D eigenvalue weighted by molar-refractivity contribution is -0.117.